The highest BCUT2D eigenvalue weighted by molar-refractivity contribution is 7.99. The van der Waals surface area contributed by atoms with Crippen molar-refractivity contribution in [1.82, 2.24) is 9.88 Å². The average molecular weight is 268 g/mol. The predicted octanol–water partition coefficient (Wildman–Crippen LogP) is 1.74. The van der Waals surface area contributed by atoms with Gasteiger partial charge in [-0.15, -0.1) is 11.8 Å². The summed E-state index contributed by atoms with van der Waals surface area (Å²) in [6, 6.07) is 3.44. The van der Waals surface area contributed by atoms with Crippen LogP contribution in [0.15, 0.2) is 23.4 Å². The third kappa shape index (κ3) is 4.37. The van der Waals surface area contributed by atoms with Crippen molar-refractivity contribution in [3.8, 4) is 0 Å². The molecule has 0 radical (unpaired) electrons. The SMILES string of the molecule is CC(CC(=O)O)Sc1ccc(C(=O)N(C)C)cn1. The number of thioether (sulfide) groups is 1. The second-order valence-electron chi connectivity index (χ2n) is 4.11. The average Bonchev–Trinajstić information content (AvgIpc) is 2.27. The molecule has 1 aromatic heterocycles. The molecule has 0 saturated carbocycles. The molecule has 0 aliphatic rings. The van der Waals surface area contributed by atoms with Crippen LogP contribution in [-0.4, -0.2) is 46.2 Å². The molecule has 0 spiro atoms. The molecule has 0 bridgehead atoms. The fourth-order valence-corrected chi connectivity index (χ4v) is 2.23. The molecule has 0 aromatic carbocycles. The summed E-state index contributed by atoms with van der Waals surface area (Å²) in [6.07, 6.45) is 1.60. The monoisotopic (exact) mass is 268 g/mol. The lowest BCUT2D eigenvalue weighted by Crippen LogP contribution is -2.21. The van der Waals surface area contributed by atoms with Gasteiger partial charge >= 0.3 is 5.97 Å². The fourth-order valence-electron chi connectivity index (χ4n) is 1.33. The second-order valence-corrected chi connectivity index (χ2v) is 5.57. The molecule has 98 valence electrons. The number of hydrogen-bond donors (Lipinski definition) is 1. The Kier molecular flexibility index (Phi) is 5.15. The molecule has 1 rings (SSSR count). The van der Waals surface area contributed by atoms with Crippen molar-refractivity contribution < 1.29 is 14.7 Å². The van der Waals surface area contributed by atoms with Crippen LogP contribution < -0.4 is 0 Å². The van der Waals surface area contributed by atoms with Gasteiger partial charge in [0.1, 0.15) is 0 Å². The van der Waals surface area contributed by atoms with Crippen LogP contribution in [0.25, 0.3) is 0 Å². The number of aromatic nitrogens is 1. The largest absolute Gasteiger partial charge is 0.481 e. The molecule has 5 nitrogen and oxygen atoms in total. The van der Waals surface area contributed by atoms with E-state index in [1.807, 2.05) is 6.92 Å². The third-order valence-electron chi connectivity index (χ3n) is 2.17. The molecule has 0 fully saturated rings. The van der Waals surface area contributed by atoms with Gasteiger partial charge in [-0.25, -0.2) is 4.98 Å². The third-order valence-corrected chi connectivity index (χ3v) is 3.23. The minimum absolute atomic E-state index is 0.0506. The Bertz CT molecular complexity index is 431. The number of carbonyl (C=O) groups is 2. The van der Waals surface area contributed by atoms with E-state index in [-0.39, 0.29) is 17.6 Å². The van der Waals surface area contributed by atoms with Gasteiger partial charge in [0.15, 0.2) is 0 Å². The number of aliphatic carboxylic acids is 1. The molecule has 1 atom stereocenters. The van der Waals surface area contributed by atoms with E-state index in [9.17, 15) is 9.59 Å². The molecule has 0 saturated heterocycles. The summed E-state index contributed by atoms with van der Waals surface area (Å²) in [4.78, 5) is 27.8. The highest BCUT2D eigenvalue weighted by Gasteiger charge is 2.12. The molecule has 0 aliphatic heterocycles. The zero-order valence-electron chi connectivity index (χ0n) is 10.6. The predicted molar refractivity (Wildman–Crippen MR) is 69.8 cm³/mol. The molecule has 1 aromatic rings. The number of hydrogen-bond acceptors (Lipinski definition) is 4. The van der Waals surface area contributed by atoms with Crippen LogP contribution >= 0.6 is 11.8 Å². The molecular weight excluding hydrogens is 252 g/mol. The van der Waals surface area contributed by atoms with Crippen molar-refractivity contribution in [2.75, 3.05) is 14.1 Å². The van der Waals surface area contributed by atoms with E-state index in [4.69, 9.17) is 5.11 Å². The van der Waals surface area contributed by atoms with Gasteiger partial charge in [-0.05, 0) is 12.1 Å². The van der Waals surface area contributed by atoms with Crippen molar-refractivity contribution >= 4 is 23.6 Å². The van der Waals surface area contributed by atoms with E-state index < -0.39 is 5.97 Å². The van der Waals surface area contributed by atoms with E-state index >= 15 is 0 Å². The Morgan fingerprint density at radius 1 is 1.44 bits per heavy atom. The molecule has 1 amide bonds. The topological polar surface area (TPSA) is 70.5 Å². The molecule has 1 unspecified atom stereocenters. The summed E-state index contributed by atoms with van der Waals surface area (Å²) in [5, 5.41) is 9.33. The van der Waals surface area contributed by atoms with E-state index in [2.05, 4.69) is 4.98 Å². The van der Waals surface area contributed by atoms with Gasteiger partial charge in [0.25, 0.3) is 5.91 Å². The van der Waals surface area contributed by atoms with Crippen LogP contribution in [0.5, 0.6) is 0 Å². The van der Waals surface area contributed by atoms with Crippen LogP contribution in [0.3, 0.4) is 0 Å². The minimum atomic E-state index is -0.825. The van der Waals surface area contributed by atoms with Gasteiger partial charge in [0.05, 0.1) is 17.0 Å². The van der Waals surface area contributed by atoms with Gasteiger partial charge in [0.2, 0.25) is 0 Å². The Morgan fingerprint density at radius 3 is 2.56 bits per heavy atom. The first kappa shape index (κ1) is 14.5. The maximum absolute atomic E-state index is 11.6. The van der Waals surface area contributed by atoms with Gasteiger partial charge < -0.3 is 10.0 Å². The van der Waals surface area contributed by atoms with Crippen LogP contribution in [0.2, 0.25) is 0 Å². The van der Waals surface area contributed by atoms with Crippen LogP contribution in [0.4, 0.5) is 0 Å². The van der Waals surface area contributed by atoms with E-state index in [1.54, 1.807) is 26.2 Å². The van der Waals surface area contributed by atoms with Crippen molar-refractivity contribution in [2.24, 2.45) is 0 Å². The highest BCUT2D eigenvalue weighted by Crippen LogP contribution is 2.23. The van der Waals surface area contributed by atoms with Crippen LogP contribution in [0.1, 0.15) is 23.7 Å². The normalized spacial score (nSPS) is 11.9. The first-order valence-electron chi connectivity index (χ1n) is 5.46. The Hall–Kier alpha value is -1.56. The van der Waals surface area contributed by atoms with Crippen molar-refractivity contribution in [1.29, 1.82) is 0 Å². The number of pyridine rings is 1. The number of nitrogens with zero attached hydrogens (tertiary/aromatic N) is 2. The number of carboxylic acids is 1. The quantitative estimate of drug-likeness (QED) is 0.824. The Balaban J connectivity index is 2.66. The molecule has 0 aliphatic carbocycles. The molecule has 18 heavy (non-hydrogen) atoms. The summed E-state index contributed by atoms with van der Waals surface area (Å²) >= 11 is 1.38. The van der Waals surface area contributed by atoms with Gasteiger partial charge in [-0.3, -0.25) is 9.59 Å². The van der Waals surface area contributed by atoms with Gasteiger partial charge in [0, 0.05) is 25.5 Å². The maximum Gasteiger partial charge on any atom is 0.304 e. The Morgan fingerprint density at radius 2 is 2.11 bits per heavy atom. The van der Waals surface area contributed by atoms with E-state index in [0.717, 1.165) is 5.03 Å². The lowest BCUT2D eigenvalue weighted by Gasteiger charge is -2.11. The highest BCUT2D eigenvalue weighted by atomic mass is 32.2. The van der Waals surface area contributed by atoms with Gasteiger partial charge in [-0.2, -0.15) is 0 Å². The summed E-state index contributed by atoms with van der Waals surface area (Å²) < 4.78 is 0. The Labute approximate surface area is 110 Å². The fraction of sp³-hybridized carbons (Fsp3) is 0.417. The van der Waals surface area contributed by atoms with Crippen molar-refractivity contribution in [2.45, 2.75) is 23.6 Å². The van der Waals surface area contributed by atoms with E-state index in [0.29, 0.717) is 5.56 Å². The summed E-state index contributed by atoms with van der Waals surface area (Å²) in [7, 11) is 3.36. The number of carboxylic acid groups (broad SMARTS) is 1. The lowest BCUT2D eigenvalue weighted by molar-refractivity contribution is -0.136. The van der Waals surface area contributed by atoms with E-state index in [1.165, 1.54) is 22.9 Å². The second kappa shape index (κ2) is 6.39. The van der Waals surface area contributed by atoms with Gasteiger partial charge in [-0.1, -0.05) is 6.92 Å². The van der Waals surface area contributed by atoms with Crippen molar-refractivity contribution in [3.05, 3.63) is 23.9 Å². The first-order valence-corrected chi connectivity index (χ1v) is 6.34. The zero-order valence-corrected chi connectivity index (χ0v) is 11.4. The van der Waals surface area contributed by atoms with Crippen molar-refractivity contribution in [3.63, 3.8) is 0 Å². The smallest absolute Gasteiger partial charge is 0.304 e. The standard InChI is InChI=1S/C12H16N2O3S/c1-8(6-11(15)16)18-10-5-4-9(7-13-10)12(17)14(2)3/h4-5,7-8H,6H2,1-3H3,(H,15,16). The molecular formula is C12H16N2O3S. The zero-order chi connectivity index (χ0) is 13.7. The summed E-state index contributed by atoms with van der Waals surface area (Å²) in [5.41, 5.74) is 0.523. The first-order chi connectivity index (χ1) is 8.40. The number of amides is 1. The number of carbonyl (C=O) groups excluding carboxylic acids is 1. The number of rotatable bonds is 5. The molecule has 6 heteroatoms. The molecule has 1 heterocycles. The lowest BCUT2D eigenvalue weighted by atomic mass is 10.2. The van der Waals surface area contributed by atoms with Crippen LogP contribution in [-0.2, 0) is 4.79 Å². The minimum Gasteiger partial charge on any atom is -0.481 e. The molecule has 1 N–H and O–H groups in total. The summed E-state index contributed by atoms with van der Waals surface area (Å²) in [5.74, 6) is -0.924. The van der Waals surface area contributed by atoms with Crippen LogP contribution in [0, 0.1) is 0 Å². The maximum atomic E-state index is 11.6. The summed E-state index contributed by atoms with van der Waals surface area (Å²) in [6.45, 7) is 1.83.